The van der Waals surface area contributed by atoms with E-state index in [4.69, 9.17) is 41.2 Å². The van der Waals surface area contributed by atoms with Gasteiger partial charge in [-0.05, 0) is 18.6 Å². The van der Waals surface area contributed by atoms with Crippen LogP contribution in [-0.4, -0.2) is 6.04 Å². The maximum Gasteiger partial charge on any atom is 0.0652 e. The molecular weight excluding hydrogens is 277 g/mol. The molecule has 0 spiro atoms. The number of hydrogen-bond acceptors (Lipinski definition) is 1. The van der Waals surface area contributed by atoms with Crippen molar-refractivity contribution in [3.05, 3.63) is 32.8 Å². The first-order valence-corrected chi connectivity index (χ1v) is 6.52. The van der Waals surface area contributed by atoms with Crippen molar-refractivity contribution in [2.24, 2.45) is 0 Å². The number of halogens is 3. The smallest absolute Gasteiger partial charge is 0.0652 e. The lowest BCUT2D eigenvalue weighted by Gasteiger charge is -2.16. The van der Waals surface area contributed by atoms with E-state index in [9.17, 15) is 0 Å². The lowest BCUT2D eigenvalue weighted by Crippen LogP contribution is -2.27. The summed E-state index contributed by atoms with van der Waals surface area (Å²) in [5, 5.41) is 4.95. The Hall–Kier alpha value is -0.390. The maximum absolute atomic E-state index is 6.11. The van der Waals surface area contributed by atoms with Gasteiger partial charge in [0.15, 0.2) is 0 Å². The van der Waals surface area contributed by atoms with E-state index in [1.807, 2.05) is 0 Å². The molecular formula is C13H14Cl3N. The Kier molecular flexibility index (Phi) is 6.16. The van der Waals surface area contributed by atoms with Crippen molar-refractivity contribution in [2.45, 2.75) is 32.4 Å². The average Bonchev–Trinajstić information content (AvgIpc) is 2.32. The Bertz CT molecular complexity index is 423. The number of nitrogens with one attached hydrogen (secondary N) is 1. The summed E-state index contributed by atoms with van der Waals surface area (Å²) in [6.07, 6.45) is 6.94. The molecule has 1 rings (SSSR count). The van der Waals surface area contributed by atoms with Gasteiger partial charge >= 0.3 is 0 Å². The SMILES string of the molecule is C#CCC(CC)NCc1c(Cl)ccc(Cl)c1Cl. The molecule has 0 heterocycles. The quantitative estimate of drug-likeness (QED) is 0.620. The highest BCUT2D eigenvalue weighted by molar-refractivity contribution is 6.44. The second-order valence-electron chi connectivity index (χ2n) is 3.72. The average molecular weight is 291 g/mol. The highest BCUT2D eigenvalue weighted by Gasteiger charge is 2.11. The van der Waals surface area contributed by atoms with E-state index < -0.39 is 0 Å². The van der Waals surface area contributed by atoms with Crippen LogP contribution in [0.3, 0.4) is 0 Å². The molecule has 1 nitrogen and oxygen atoms in total. The molecule has 1 aromatic carbocycles. The summed E-state index contributed by atoms with van der Waals surface area (Å²) < 4.78 is 0. The van der Waals surface area contributed by atoms with Gasteiger partial charge in [0.05, 0.1) is 10.0 Å². The summed E-state index contributed by atoms with van der Waals surface area (Å²) in [5.74, 6) is 2.64. The summed E-state index contributed by atoms with van der Waals surface area (Å²) in [7, 11) is 0. The van der Waals surface area contributed by atoms with Gasteiger partial charge in [0.25, 0.3) is 0 Å². The molecule has 0 aromatic heterocycles. The Labute approximate surface area is 117 Å². The predicted octanol–water partition coefficient (Wildman–Crippen LogP) is 4.54. The monoisotopic (exact) mass is 289 g/mol. The van der Waals surface area contributed by atoms with Crippen LogP contribution in [-0.2, 0) is 6.54 Å². The lowest BCUT2D eigenvalue weighted by molar-refractivity contribution is 0.507. The van der Waals surface area contributed by atoms with E-state index in [2.05, 4.69) is 18.2 Å². The zero-order valence-electron chi connectivity index (χ0n) is 9.56. The number of terminal acetylenes is 1. The number of rotatable bonds is 5. The minimum atomic E-state index is 0.270. The molecule has 0 aliphatic rings. The molecule has 0 aliphatic heterocycles. The highest BCUT2D eigenvalue weighted by atomic mass is 35.5. The molecule has 17 heavy (non-hydrogen) atoms. The van der Waals surface area contributed by atoms with Crippen LogP contribution in [0.5, 0.6) is 0 Å². The van der Waals surface area contributed by atoms with Crippen molar-refractivity contribution in [1.29, 1.82) is 0 Å². The third kappa shape index (κ3) is 4.08. The van der Waals surface area contributed by atoms with E-state index in [0.717, 1.165) is 12.0 Å². The van der Waals surface area contributed by atoms with Gasteiger partial charge in [0.2, 0.25) is 0 Å². The van der Waals surface area contributed by atoms with Crippen molar-refractivity contribution in [3.8, 4) is 12.3 Å². The van der Waals surface area contributed by atoms with E-state index in [0.29, 0.717) is 28.0 Å². The summed E-state index contributed by atoms with van der Waals surface area (Å²) in [6, 6.07) is 3.70. The van der Waals surface area contributed by atoms with Crippen LogP contribution in [0.15, 0.2) is 12.1 Å². The van der Waals surface area contributed by atoms with Crippen LogP contribution >= 0.6 is 34.8 Å². The van der Waals surface area contributed by atoms with Crippen molar-refractivity contribution in [2.75, 3.05) is 0 Å². The molecule has 0 radical (unpaired) electrons. The van der Waals surface area contributed by atoms with Crippen molar-refractivity contribution < 1.29 is 0 Å². The third-order valence-corrected chi connectivity index (χ3v) is 3.76. The molecule has 0 fully saturated rings. The highest BCUT2D eigenvalue weighted by Crippen LogP contribution is 2.31. The molecule has 0 bridgehead atoms. The first kappa shape index (κ1) is 14.7. The molecule has 0 amide bonds. The minimum absolute atomic E-state index is 0.270. The van der Waals surface area contributed by atoms with Gasteiger partial charge in [-0.15, -0.1) is 12.3 Å². The van der Waals surface area contributed by atoms with Crippen molar-refractivity contribution >= 4 is 34.8 Å². The van der Waals surface area contributed by atoms with E-state index in [-0.39, 0.29) is 6.04 Å². The molecule has 1 aromatic rings. The van der Waals surface area contributed by atoms with E-state index in [1.165, 1.54) is 0 Å². The number of hydrogen-bond donors (Lipinski definition) is 1. The van der Waals surface area contributed by atoms with Gasteiger partial charge in [-0.3, -0.25) is 0 Å². The molecule has 92 valence electrons. The predicted molar refractivity (Wildman–Crippen MR) is 75.8 cm³/mol. The van der Waals surface area contributed by atoms with Crippen LogP contribution in [0.4, 0.5) is 0 Å². The van der Waals surface area contributed by atoms with Crippen LogP contribution in [0, 0.1) is 12.3 Å². The zero-order valence-corrected chi connectivity index (χ0v) is 11.8. The largest absolute Gasteiger partial charge is 0.309 e. The Balaban J connectivity index is 2.75. The molecule has 0 saturated heterocycles. The normalized spacial score (nSPS) is 12.2. The Morgan fingerprint density at radius 2 is 1.94 bits per heavy atom. The van der Waals surface area contributed by atoms with Gasteiger partial charge in [-0.25, -0.2) is 0 Å². The van der Waals surface area contributed by atoms with Gasteiger partial charge < -0.3 is 5.32 Å². The molecule has 0 aliphatic carbocycles. The minimum Gasteiger partial charge on any atom is -0.309 e. The topological polar surface area (TPSA) is 12.0 Å². The summed E-state index contributed by atoms with van der Waals surface area (Å²) in [4.78, 5) is 0. The fourth-order valence-corrected chi connectivity index (χ4v) is 2.16. The molecule has 1 atom stereocenters. The van der Waals surface area contributed by atoms with Gasteiger partial charge in [-0.1, -0.05) is 41.7 Å². The van der Waals surface area contributed by atoms with Gasteiger partial charge in [-0.2, -0.15) is 0 Å². The Morgan fingerprint density at radius 3 is 2.53 bits per heavy atom. The Morgan fingerprint density at radius 1 is 1.29 bits per heavy atom. The van der Waals surface area contributed by atoms with Crippen molar-refractivity contribution in [3.63, 3.8) is 0 Å². The molecule has 0 saturated carbocycles. The summed E-state index contributed by atoms with van der Waals surface area (Å²) >= 11 is 18.1. The van der Waals surface area contributed by atoms with E-state index >= 15 is 0 Å². The first-order chi connectivity index (χ1) is 8.10. The fourth-order valence-electron chi connectivity index (χ4n) is 1.48. The molecule has 1 N–H and O–H groups in total. The van der Waals surface area contributed by atoms with Gasteiger partial charge in [0, 0.05) is 29.6 Å². The fraction of sp³-hybridized carbons (Fsp3) is 0.385. The van der Waals surface area contributed by atoms with Crippen LogP contribution < -0.4 is 5.32 Å². The first-order valence-electron chi connectivity index (χ1n) is 5.39. The molecule has 1 unspecified atom stereocenters. The lowest BCUT2D eigenvalue weighted by atomic mass is 10.1. The van der Waals surface area contributed by atoms with Crippen LogP contribution in [0.25, 0.3) is 0 Å². The molecule has 4 heteroatoms. The second kappa shape index (κ2) is 7.13. The van der Waals surface area contributed by atoms with E-state index in [1.54, 1.807) is 12.1 Å². The second-order valence-corrected chi connectivity index (χ2v) is 4.91. The zero-order chi connectivity index (χ0) is 12.8. The standard InChI is InChI=1S/C13H14Cl3N/c1-3-5-9(4-2)17-8-10-11(14)6-7-12(15)13(10)16/h1,6-7,9,17H,4-5,8H2,2H3. The summed E-state index contributed by atoms with van der Waals surface area (Å²) in [6.45, 7) is 2.65. The van der Waals surface area contributed by atoms with Crippen LogP contribution in [0.2, 0.25) is 15.1 Å². The third-order valence-electron chi connectivity index (χ3n) is 2.56. The van der Waals surface area contributed by atoms with Gasteiger partial charge in [0.1, 0.15) is 0 Å². The van der Waals surface area contributed by atoms with Crippen LogP contribution in [0.1, 0.15) is 25.3 Å². The maximum atomic E-state index is 6.11. The number of benzene rings is 1. The summed E-state index contributed by atoms with van der Waals surface area (Å²) in [5.41, 5.74) is 0.816. The van der Waals surface area contributed by atoms with Crippen molar-refractivity contribution in [1.82, 2.24) is 5.32 Å².